The number of carbonyl (C=O) groups excluding carboxylic acids is 1. The standard InChI is InChI=1S/C14H20O2/c1-3-7-14-10(2)8-12(15)9-11(14)5-4-6-13(14)16/h3,9-10,13,16H,1,4-8H2,2H3/t10-,13-,14-/m0/s1. The summed E-state index contributed by atoms with van der Waals surface area (Å²) in [4.78, 5) is 11.6. The van der Waals surface area contributed by atoms with Gasteiger partial charge in [0.1, 0.15) is 0 Å². The Kier molecular flexibility index (Phi) is 3.02. The molecule has 0 saturated heterocycles. The van der Waals surface area contributed by atoms with Crippen molar-refractivity contribution < 1.29 is 9.90 Å². The number of rotatable bonds is 2. The third kappa shape index (κ3) is 1.56. The van der Waals surface area contributed by atoms with Crippen LogP contribution in [0.1, 0.15) is 39.0 Å². The molecule has 0 aromatic carbocycles. The number of aliphatic hydroxyl groups is 1. The minimum atomic E-state index is -0.311. The number of aliphatic hydroxyl groups excluding tert-OH is 1. The van der Waals surface area contributed by atoms with E-state index in [0.29, 0.717) is 6.42 Å². The average molecular weight is 220 g/mol. The molecule has 88 valence electrons. The monoisotopic (exact) mass is 220 g/mol. The normalized spacial score (nSPS) is 38.9. The lowest BCUT2D eigenvalue weighted by Gasteiger charge is -2.49. The van der Waals surface area contributed by atoms with Crippen LogP contribution in [0.5, 0.6) is 0 Å². The van der Waals surface area contributed by atoms with Crippen LogP contribution in [0.2, 0.25) is 0 Å². The summed E-state index contributed by atoms with van der Waals surface area (Å²) in [7, 11) is 0. The van der Waals surface area contributed by atoms with Crippen molar-refractivity contribution in [2.24, 2.45) is 11.3 Å². The Balaban J connectivity index is 2.46. The molecule has 0 radical (unpaired) electrons. The van der Waals surface area contributed by atoms with E-state index in [1.54, 1.807) is 6.08 Å². The molecule has 0 spiro atoms. The van der Waals surface area contributed by atoms with E-state index >= 15 is 0 Å². The van der Waals surface area contributed by atoms with Gasteiger partial charge in [-0.3, -0.25) is 4.79 Å². The third-order valence-electron chi connectivity index (χ3n) is 4.32. The number of hydrogen-bond acceptors (Lipinski definition) is 2. The zero-order valence-electron chi connectivity index (χ0n) is 9.91. The first-order chi connectivity index (χ1) is 7.61. The van der Waals surface area contributed by atoms with E-state index in [2.05, 4.69) is 13.5 Å². The molecule has 0 aromatic heterocycles. The Labute approximate surface area is 97.0 Å². The molecule has 2 heteroatoms. The Morgan fingerprint density at radius 2 is 2.44 bits per heavy atom. The maximum absolute atomic E-state index is 11.6. The second-order valence-corrected chi connectivity index (χ2v) is 5.18. The number of fused-ring (bicyclic) bond motifs is 1. The van der Waals surface area contributed by atoms with Crippen molar-refractivity contribution in [1.29, 1.82) is 0 Å². The summed E-state index contributed by atoms with van der Waals surface area (Å²) < 4.78 is 0. The van der Waals surface area contributed by atoms with Gasteiger partial charge in [-0.15, -0.1) is 6.58 Å². The van der Waals surface area contributed by atoms with E-state index in [4.69, 9.17) is 0 Å². The molecule has 2 nitrogen and oxygen atoms in total. The fourth-order valence-electron chi connectivity index (χ4n) is 3.49. The smallest absolute Gasteiger partial charge is 0.155 e. The predicted molar refractivity (Wildman–Crippen MR) is 64.0 cm³/mol. The predicted octanol–water partition coefficient (Wildman–Crippen LogP) is 2.63. The van der Waals surface area contributed by atoms with Crippen LogP contribution in [0.25, 0.3) is 0 Å². The van der Waals surface area contributed by atoms with Crippen LogP contribution < -0.4 is 0 Å². The topological polar surface area (TPSA) is 37.3 Å². The van der Waals surface area contributed by atoms with Crippen LogP contribution in [0, 0.1) is 11.3 Å². The molecule has 1 fully saturated rings. The minimum Gasteiger partial charge on any atom is -0.392 e. The summed E-state index contributed by atoms with van der Waals surface area (Å²) in [6.45, 7) is 5.89. The second kappa shape index (κ2) is 4.17. The lowest BCUT2D eigenvalue weighted by molar-refractivity contribution is -0.119. The number of hydrogen-bond donors (Lipinski definition) is 1. The zero-order chi connectivity index (χ0) is 11.8. The van der Waals surface area contributed by atoms with E-state index in [0.717, 1.165) is 31.3 Å². The van der Waals surface area contributed by atoms with Gasteiger partial charge in [-0.05, 0) is 37.7 Å². The van der Waals surface area contributed by atoms with Gasteiger partial charge in [0.15, 0.2) is 5.78 Å². The Morgan fingerprint density at radius 3 is 3.12 bits per heavy atom. The van der Waals surface area contributed by atoms with Crippen molar-refractivity contribution in [2.75, 3.05) is 0 Å². The largest absolute Gasteiger partial charge is 0.392 e. The molecule has 1 saturated carbocycles. The van der Waals surface area contributed by atoms with Crippen molar-refractivity contribution in [1.82, 2.24) is 0 Å². The highest BCUT2D eigenvalue weighted by Gasteiger charge is 2.48. The fourth-order valence-corrected chi connectivity index (χ4v) is 3.49. The molecule has 0 heterocycles. The van der Waals surface area contributed by atoms with Gasteiger partial charge in [0, 0.05) is 11.8 Å². The van der Waals surface area contributed by atoms with Crippen LogP contribution in [0.15, 0.2) is 24.3 Å². The van der Waals surface area contributed by atoms with Crippen molar-refractivity contribution >= 4 is 5.78 Å². The summed E-state index contributed by atoms with van der Waals surface area (Å²) in [6.07, 6.45) is 7.51. The molecule has 16 heavy (non-hydrogen) atoms. The Hall–Kier alpha value is -0.890. The second-order valence-electron chi connectivity index (χ2n) is 5.18. The van der Waals surface area contributed by atoms with Gasteiger partial charge in [-0.1, -0.05) is 18.6 Å². The van der Waals surface area contributed by atoms with Gasteiger partial charge in [0.05, 0.1) is 6.10 Å². The SMILES string of the molecule is C=CC[C@@]12C(=CC(=O)C[C@@H]1C)CCC[C@@H]2O. The van der Waals surface area contributed by atoms with Crippen LogP contribution in [-0.4, -0.2) is 17.0 Å². The molecule has 3 atom stereocenters. The lowest BCUT2D eigenvalue weighted by Crippen LogP contribution is -2.47. The maximum Gasteiger partial charge on any atom is 0.155 e. The molecule has 1 N–H and O–H groups in total. The van der Waals surface area contributed by atoms with Gasteiger partial charge in [0.2, 0.25) is 0 Å². The molecule has 0 aromatic rings. The van der Waals surface area contributed by atoms with Crippen molar-refractivity contribution in [3.05, 3.63) is 24.3 Å². The summed E-state index contributed by atoms with van der Waals surface area (Å²) in [5.41, 5.74) is 0.961. The summed E-state index contributed by atoms with van der Waals surface area (Å²) in [5.74, 6) is 0.449. The van der Waals surface area contributed by atoms with E-state index in [-0.39, 0.29) is 23.2 Å². The van der Waals surface area contributed by atoms with Crippen molar-refractivity contribution in [3.8, 4) is 0 Å². The van der Waals surface area contributed by atoms with E-state index in [1.165, 1.54) is 0 Å². The maximum atomic E-state index is 11.6. The summed E-state index contributed by atoms with van der Waals surface area (Å²) >= 11 is 0. The van der Waals surface area contributed by atoms with Gasteiger partial charge < -0.3 is 5.11 Å². The first-order valence-corrected chi connectivity index (χ1v) is 6.14. The minimum absolute atomic E-state index is 0.200. The molecule has 0 amide bonds. The first kappa shape index (κ1) is 11.6. The first-order valence-electron chi connectivity index (χ1n) is 6.14. The highest BCUT2D eigenvalue weighted by molar-refractivity contribution is 5.92. The van der Waals surface area contributed by atoms with Crippen LogP contribution in [-0.2, 0) is 4.79 Å². The average Bonchev–Trinajstić information content (AvgIpc) is 2.21. The van der Waals surface area contributed by atoms with Gasteiger partial charge in [-0.25, -0.2) is 0 Å². The summed E-state index contributed by atoms with van der Waals surface area (Å²) in [6, 6.07) is 0. The summed E-state index contributed by atoms with van der Waals surface area (Å²) in [5, 5.41) is 10.3. The van der Waals surface area contributed by atoms with Crippen LogP contribution in [0.3, 0.4) is 0 Å². The number of allylic oxidation sites excluding steroid dienone is 2. The number of ketones is 1. The van der Waals surface area contributed by atoms with E-state index in [1.807, 2.05) is 6.08 Å². The Morgan fingerprint density at radius 1 is 1.69 bits per heavy atom. The highest BCUT2D eigenvalue weighted by atomic mass is 16.3. The van der Waals surface area contributed by atoms with Crippen molar-refractivity contribution in [2.45, 2.75) is 45.1 Å². The lowest BCUT2D eigenvalue weighted by atomic mass is 9.56. The van der Waals surface area contributed by atoms with Crippen molar-refractivity contribution in [3.63, 3.8) is 0 Å². The van der Waals surface area contributed by atoms with Gasteiger partial charge in [-0.2, -0.15) is 0 Å². The van der Waals surface area contributed by atoms with Crippen LogP contribution in [0.4, 0.5) is 0 Å². The van der Waals surface area contributed by atoms with Gasteiger partial charge in [0.25, 0.3) is 0 Å². The highest BCUT2D eigenvalue weighted by Crippen LogP contribution is 2.52. The Bertz CT molecular complexity index is 343. The van der Waals surface area contributed by atoms with Crippen LogP contribution >= 0.6 is 0 Å². The zero-order valence-corrected chi connectivity index (χ0v) is 9.91. The van der Waals surface area contributed by atoms with E-state index < -0.39 is 0 Å². The molecule has 0 aliphatic heterocycles. The molecular formula is C14H20O2. The van der Waals surface area contributed by atoms with Gasteiger partial charge >= 0.3 is 0 Å². The quantitative estimate of drug-likeness (QED) is 0.726. The molecule has 0 unspecified atom stereocenters. The number of carbonyl (C=O) groups is 1. The molecule has 2 rings (SSSR count). The molecule has 0 bridgehead atoms. The van der Waals surface area contributed by atoms with E-state index in [9.17, 15) is 9.90 Å². The molecular weight excluding hydrogens is 200 g/mol. The fraction of sp³-hybridized carbons (Fsp3) is 0.643. The third-order valence-corrected chi connectivity index (χ3v) is 4.32. The molecule has 2 aliphatic carbocycles. The molecule has 2 aliphatic rings.